The minimum Gasteiger partial charge on any atom is -0.496 e. The Bertz CT molecular complexity index is 2110. The SMILES string of the molecule is COc1cc2c(cc1-c1cccc(NC(=O)NCCNC(=O)C[C@H](O)C[C@H](O)CCN)c1)-c1c(c(C(=O)N3CCOCC3(C)C)nn1-c1cc(Cl)cc(Cl)c1)CO2. The second kappa shape index (κ2) is 18.1. The summed E-state index contributed by atoms with van der Waals surface area (Å²) in [6.45, 7) is 5.73. The fraction of sp³-hybridized carbons (Fsp3) is 0.400. The van der Waals surface area contributed by atoms with Crippen LogP contribution in [0.4, 0.5) is 10.5 Å². The van der Waals surface area contributed by atoms with Crippen LogP contribution in [0.15, 0.2) is 54.6 Å². The molecule has 4 aromatic rings. The summed E-state index contributed by atoms with van der Waals surface area (Å²) in [5, 5.41) is 33.7. The van der Waals surface area contributed by atoms with Gasteiger partial charge in [-0.1, -0.05) is 35.3 Å². The van der Waals surface area contributed by atoms with E-state index < -0.39 is 29.7 Å². The number of rotatable bonds is 14. The number of anilines is 1. The van der Waals surface area contributed by atoms with Gasteiger partial charge in [0.2, 0.25) is 5.91 Å². The predicted molar refractivity (Wildman–Crippen MR) is 216 cm³/mol. The lowest BCUT2D eigenvalue weighted by molar-refractivity contribution is -0.123. The third-order valence-electron chi connectivity index (χ3n) is 9.73. The quantitative estimate of drug-likeness (QED) is 0.0964. The molecule has 17 heteroatoms. The largest absolute Gasteiger partial charge is 0.496 e. The number of aliphatic hydroxyl groups excluding tert-OH is 2. The van der Waals surface area contributed by atoms with Crippen molar-refractivity contribution in [2.75, 3.05) is 51.8 Å². The van der Waals surface area contributed by atoms with E-state index in [1.54, 1.807) is 59.2 Å². The molecule has 0 unspecified atom stereocenters. The number of fused-ring (bicyclic) bond motifs is 3. The van der Waals surface area contributed by atoms with Crippen molar-refractivity contribution in [3.63, 3.8) is 0 Å². The van der Waals surface area contributed by atoms with Gasteiger partial charge in [-0.05, 0) is 75.2 Å². The fourth-order valence-electron chi connectivity index (χ4n) is 6.97. The maximum Gasteiger partial charge on any atom is 0.319 e. The van der Waals surface area contributed by atoms with E-state index in [9.17, 15) is 24.6 Å². The molecule has 2 aliphatic heterocycles. The van der Waals surface area contributed by atoms with Crippen LogP contribution in [0, 0.1) is 0 Å². The van der Waals surface area contributed by atoms with Gasteiger partial charge in [-0.25, -0.2) is 9.48 Å². The molecule has 3 aromatic carbocycles. The van der Waals surface area contributed by atoms with Crippen molar-refractivity contribution in [3.8, 4) is 39.6 Å². The molecule has 0 saturated carbocycles. The average molecular weight is 825 g/mol. The van der Waals surface area contributed by atoms with E-state index >= 15 is 0 Å². The van der Waals surface area contributed by atoms with Gasteiger partial charge < -0.3 is 51.0 Å². The molecule has 1 saturated heterocycles. The van der Waals surface area contributed by atoms with Crippen molar-refractivity contribution in [2.24, 2.45) is 5.73 Å². The molecule has 0 radical (unpaired) electrons. The van der Waals surface area contributed by atoms with E-state index in [0.29, 0.717) is 87.0 Å². The van der Waals surface area contributed by atoms with Crippen molar-refractivity contribution in [1.82, 2.24) is 25.3 Å². The number of methoxy groups -OCH3 is 1. The molecule has 0 spiro atoms. The number of nitrogens with zero attached hydrogens (tertiary/aromatic N) is 3. The van der Waals surface area contributed by atoms with Crippen molar-refractivity contribution in [1.29, 1.82) is 0 Å². The van der Waals surface area contributed by atoms with Crippen LogP contribution in [0.3, 0.4) is 0 Å². The number of halogens is 2. The van der Waals surface area contributed by atoms with Crippen LogP contribution in [-0.4, -0.2) is 107 Å². The highest BCUT2D eigenvalue weighted by Gasteiger charge is 2.39. The molecule has 4 amide bonds. The Hall–Kier alpha value is -4.90. The number of nitrogens with two attached hydrogens (primary N) is 1. The minimum atomic E-state index is -1.00. The fourth-order valence-corrected chi connectivity index (χ4v) is 7.48. The summed E-state index contributed by atoms with van der Waals surface area (Å²) in [6, 6.07) is 15.5. The summed E-state index contributed by atoms with van der Waals surface area (Å²) in [7, 11) is 1.55. The molecule has 0 aliphatic carbocycles. The zero-order chi connectivity index (χ0) is 40.9. The number of ether oxygens (including phenoxy) is 3. The topological polar surface area (TPSA) is 203 Å². The zero-order valence-electron chi connectivity index (χ0n) is 31.9. The lowest BCUT2D eigenvalue weighted by atomic mass is 9.95. The van der Waals surface area contributed by atoms with Crippen LogP contribution in [-0.2, 0) is 16.1 Å². The summed E-state index contributed by atoms with van der Waals surface area (Å²) in [4.78, 5) is 41.1. The number of carbonyl (C=O) groups is 3. The number of morpholine rings is 1. The molecule has 1 aromatic heterocycles. The van der Waals surface area contributed by atoms with E-state index in [0.717, 1.165) is 0 Å². The van der Waals surface area contributed by atoms with Gasteiger partial charge in [0.15, 0.2) is 5.69 Å². The Morgan fingerprint density at radius 2 is 1.77 bits per heavy atom. The Labute approximate surface area is 340 Å². The first-order valence-electron chi connectivity index (χ1n) is 18.6. The van der Waals surface area contributed by atoms with Gasteiger partial charge in [0, 0.05) is 58.1 Å². The number of nitrogens with one attached hydrogen (secondary N) is 3. The van der Waals surface area contributed by atoms with Crippen molar-refractivity contribution in [3.05, 3.63) is 75.9 Å². The van der Waals surface area contributed by atoms with E-state index in [1.807, 2.05) is 26.0 Å². The van der Waals surface area contributed by atoms with Gasteiger partial charge in [-0.3, -0.25) is 9.59 Å². The van der Waals surface area contributed by atoms with Crippen molar-refractivity contribution < 1.29 is 38.8 Å². The van der Waals surface area contributed by atoms with E-state index in [1.165, 1.54) is 0 Å². The Balaban J connectivity index is 1.24. The van der Waals surface area contributed by atoms with Gasteiger partial charge in [-0.15, -0.1) is 0 Å². The van der Waals surface area contributed by atoms with E-state index in [4.69, 9.17) is 48.2 Å². The number of carbonyl (C=O) groups excluding carboxylic acids is 3. The highest BCUT2D eigenvalue weighted by Crippen LogP contribution is 2.47. The lowest BCUT2D eigenvalue weighted by Crippen LogP contribution is -2.55. The molecule has 0 bridgehead atoms. The maximum atomic E-state index is 14.3. The third-order valence-corrected chi connectivity index (χ3v) is 10.2. The standard InChI is InChI=1S/C40H47Cl2N7O8/c1-40(2)22-56-12-11-48(40)38(53)36-32-21-57-34-20-33(55-3)30(19-31(34)37(32)49(47-36)27-15-24(41)14-25(42)16-27)23-5-4-6-26(13-23)46-39(54)45-10-9-44-35(52)18-29(51)17-28(50)7-8-43/h4-6,13-16,19-20,28-29,50-51H,7-12,17-18,21-22,43H2,1-3H3,(H,44,52)(H2,45,46,54)/t28-,29-/m1/s1. The number of hydrogen-bond acceptors (Lipinski definition) is 10. The Kier molecular flexibility index (Phi) is 13.3. The summed E-state index contributed by atoms with van der Waals surface area (Å²) in [5.41, 5.74) is 9.41. The first-order valence-corrected chi connectivity index (χ1v) is 19.3. The molecule has 15 nitrogen and oxygen atoms in total. The number of benzene rings is 3. The predicted octanol–water partition coefficient (Wildman–Crippen LogP) is 4.75. The van der Waals surface area contributed by atoms with E-state index in [2.05, 4.69) is 16.0 Å². The first-order chi connectivity index (χ1) is 27.3. The molecule has 6 rings (SSSR count). The van der Waals surface area contributed by atoms with Gasteiger partial charge in [-0.2, -0.15) is 5.10 Å². The van der Waals surface area contributed by atoms with Crippen LogP contribution in [0.5, 0.6) is 11.5 Å². The first kappa shape index (κ1) is 41.7. The number of amides is 4. The number of aliphatic hydroxyl groups is 2. The Morgan fingerprint density at radius 1 is 1.02 bits per heavy atom. The molecule has 2 atom stereocenters. The van der Waals surface area contributed by atoms with Gasteiger partial charge in [0.05, 0.1) is 55.9 Å². The second-order valence-corrected chi connectivity index (χ2v) is 15.4. The van der Waals surface area contributed by atoms with Crippen LogP contribution in [0.2, 0.25) is 10.0 Å². The highest BCUT2D eigenvalue weighted by molar-refractivity contribution is 6.34. The summed E-state index contributed by atoms with van der Waals surface area (Å²) < 4.78 is 19.5. The molecule has 1 fully saturated rings. The van der Waals surface area contributed by atoms with Crippen LogP contribution in [0.25, 0.3) is 28.1 Å². The molecule has 304 valence electrons. The smallest absolute Gasteiger partial charge is 0.319 e. The lowest BCUT2D eigenvalue weighted by Gasteiger charge is -2.41. The monoisotopic (exact) mass is 823 g/mol. The van der Waals surface area contributed by atoms with Gasteiger partial charge in [0.1, 0.15) is 18.1 Å². The second-order valence-electron chi connectivity index (χ2n) is 14.5. The highest BCUT2D eigenvalue weighted by atomic mass is 35.5. The third kappa shape index (κ3) is 9.80. The minimum absolute atomic E-state index is 0.0510. The van der Waals surface area contributed by atoms with Gasteiger partial charge in [0.25, 0.3) is 5.91 Å². The van der Waals surface area contributed by atoms with Crippen LogP contribution in [0.1, 0.15) is 49.2 Å². The van der Waals surface area contributed by atoms with Crippen molar-refractivity contribution in [2.45, 2.75) is 57.5 Å². The summed E-state index contributed by atoms with van der Waals surface area (Å²) in [6.07, 6.45) is -1.57. The van der Waals surface area contributed by atoms with Crippen LogP contribution < -0.4 is 31.2 Å². The molecule has 3 heterocycles. The summed E-state index contributed by atoms with van der Waals surface area (Å²) >= 11 is 12.9. The van der Waals surface area contributed by atoms with Crippen molar-refractivity contribution >= 4 is 46.7 Å². The number of urea groups is 1. The zero-order valence-corrected chi connectivity index (χ0v) is 33.5. The molecular weight excluding hydrogens is 777 g/mol. The normalized spacial score (nSPS) is 15.4. The average Bonchev–Trinajstić information content (AvgIpc) is 3.56. The van der Waals surface area contributed by atoms with E-state index in [-0.39, 0.29) is 50.7 Å². The maximum absolute atomic E-state index is 14.3. The molecular formula is C40H47Cl2N7O8. The molecule has 2 aliphatic rings. The molecule has 7 N–H and O–H groups in total. The summed E-state index contributed by atoms with van der Waals surface area (Å²) in [5.74, 6) is 0.372. The number of hydrogen-bond donors (Lipinski definition) is 6. The van der Waals surface area contributed by atoms with Crippen LogP contribution >= 0.6 is 23.2 Å². The van der Waals surface area contributed by atoms with Gasteiger partial charge >= 0.3 is 6.03 Å². The molecule has 57 heavy (non-hydrogen) atoms. The Morgan fingerprint density at radius 3 is 2.49 bits per heavy atom. The number of aromatic nitrogens is 2.